The maximum atomic E-state index is 12.1. The number of hydrogen-bond donors (Lipinski definition) is 1. The first-order chi connectivity index (χ1) is 10.0. The molecule has 1 aromatic heterocycles. The number of nitrogens with one attached hydrogen (secondary N) is 1. The first-order valence-corrected chi connectivity index (χ1v) is 6.98. The fourth-order valence-electron chi connectivity index (χ4n) is 2.02. The van der Waals surface area contributed by atoms with Gasteiger partial charge in [-0.2, -0.15) is 5.10 Å². The third-order valence-corrected chi connectivity index (χ3v) is 3.15. The van der Waals surface area contributed by atoms with Crippen LogP contribution in [0.4, 0.5) is 0 Å². The molecule has 5 nitrogen and oxygen atoms in total. The molecule has 0 spiro atoms. The number of benzene rings is 1. The molecule has 1 heterocycles. The average molecular weight is 287 g/mol. The zero-order chi connectivity index (χ0) is 15.4. The van der Waals surface area contributed by atoms with Gasteiger partial charge in [0.25, 0.3) is 5.91 Å². The minimum atomic E-state index is -0.145. The molecular formula is C16H21N3O2. The Bertz CT molecular complexity index is 632. The number of rotatable bonds is 5. The van der Waals surface area contributed by atoms with Gasteiger partial charge in [-0.1, -0.05) is 26.0 Å². The van der Waals surface area contributed by atoms with Gasteiger partial charge in [0.05, 0.1) is 12.8 Å². The number of hydrogen-bond acceptors (Lipinski definition) is 3. The molecule has 1 aromatic carbocycles. The zero-order valence-electron chi connectivity index (χ0n) is 12.9. The summed E-state index contributed by atoms with van der Waals surface area (Å²) < 4.78 is 6.93. The normalized spacial score (nSPS) is 10.7. The molecule has 0 aliphatic carbocycles. The summed E-state index contributed by atoms with van der Waals surface area (Å²) in [6.45, 7) is 4.75. The second-order valence-electron chi connectivity index (χ2n) is 5.37. The van der Waals surface area contributed by atoms with Crippen LogP contribution in [0.15, 0.2) is 30.3 Å². The lowest BCUT2D eigenvalue weighted by Gasteiger charge is -2.04. The Morgan fingerprint density at radius 2 is 2.14 bits per heavy atom. The molecule has 0 aliphatic rings. The van der Waals surface area contributed by atoms with E-state index < -0.39 is 0 Å². The minimum Gasteiger partial charge on any atom is -0.497 e. The molecule has 0 saturated carbocycles. The van der Waals surface area contributed by atoms with Crippen LogP contribution in [-0.2, 0) is 7.05 Å². The smallest absolute Gasteiger partial charge is 0.271 e. The number of carbonyl (C=O) groups is 1. The van der Waals surface area contributed by atoms with E-state index in [9.17, 15) is 4.79 Å². The standard InChI is InChI=1S/C16H21N3O2/c1-11(2)10-17-16(20)14-9-15(19(3)18-14)12-6-5-7-13(8-12)21-4/h5-9,11H,10H2,1-4H3,(H,17,20). The van der Waals surface area contributed by atoms with Crippen molar-refractivity contribution in [2.75, 3.05) is 13.7 Å². The van der Waals surface area contributed by atoms with E-state index in [1.807, 2.05) is 31.3 Å². The summed E-state index contributed by atoms with van der Waals surface area (Å²) in [6, 6.07) is 9.49. The Balaban J connectivity index is 2.24. The third kappa shape index (κ3) is 3.62. The molecular weight excluding hydrogens is 266 g/mol. The van der Waals surface area contributed by atoms with E-state index >= 15 is 0 Å². The van der Waals surface area contributed by atoms with Gasteiger partial charge in [0.15, 0.2) is 5.69 Å². The van der Waals surface area contributed by atoms with E-state index in [0.29, 0.717) is 18.2 Å². The van der Waals surface area contributed by atoms with E-state index in [1.165, 1.54) is 0 Å². The van der Waals surface area contributed by atoms with Crippen LogP contribution in [0.2, 0.25) is 0 Å². The van der Waals surface area contributed by atoms with Gasteiger partial charge >= 0.3 is 0 Å². The van der Waals surface area contributed by atoms with Gasteiger partial charge in [0, 0.05) is 19.2 Å². The van der Waals surface area contributed by atoms with Gasteiger partial charge in [-0.3, -0.25) is 9.48 Å². The predicted octanol–water partition coefficient (Wildman–Crippen LogP) is 2.48. The quantitative estimate of drug-likeness (QED) is 0.919. The summed E-state index contributed by atoms with van der Waals surface area (Å²) in [4.78, 5) is 12.1. The molecule has 0 atom stereocenters. The molecule has 0 unspecified atom stereocenters. The average Bonchev–Trinajstić information content (AvgIpc) is 2.87. The Kier molecular flexibility index (Phi) is 4.62. The summed E-state index contributed by atoms with van der Waals surface area (Å²) in [7, 11) is 3.46. The molecule has 2 aromatic rings. The van der Waals surface area contributed by atoms with Crippen LogP contribution >= 0.6 is 0 Å². The SMILES string of the molecule is COc1cccc(-c2cc(C(=O)NCC(C)C)nn2C)c1. The van der Waals surface area contributed by atoms with Crippen molar-refractivity contribution in [3.8, 4) is 17.0 Å². The topological polar surface area (TPSA) is 56.1 Å². The first kappa shape index (κ1) is 15.1. The number of methoxy groups -OCH3 is 1. The molecule has 5 heteroatoms. The highest BCUT2D eigenvalue weighted by atomic mass is 16.5. The van der Waals surface area contributed by atoms with Crippen molar-refractivity contribution in [2.45, 2.75) is 13.8 Å². The van der Waals surface area contributed by atoms with E-state index in [2.05, 4.69) is 24.3 Å². The Morgan fingerprint density at radius 1 is 1.38 bits per heavy atom. The predicted molar refractivity (Wildman–Crippen MR) is 82.4 cm³/mol. The Labute approximate surface area is 124 Å². The van der Waals surface area contributed by atoms with Crippen molar-refractivity contribution in [1.29, 1.82) is 0 Å². The second-order valence-corrected chi connectivity index (χ2v) is 5.37. The maximum Gasteiger partial charge on any atom is 0.271 e. The highest BCUT2D eigenvalue weighted by molar-refractivity contribution is 5.93. The second kappa shape index (κ2) is 6.43. The van der Waals surface area contributed by atoms with Crippen LogP contribution in [0.1, 0.15) is 24.3 Å². The van der Waals surface area contributed by atoms with Crippen molar-refractivity contribution in [3.05, 3.63) is 36.0 Å². The van der Waals surface area contributed by atoms with Crippen LogP contribution in [0.3, 0.4) is 0 Å². The number of nitrogens with zero attached hydrogens (tertiary/aromatic N) is 2. The van der Waals surface area contributed by atoms with E-state index in [1.54, 1.807) is 17.9 Å². The highest BCUT2D eigenvalue weighted by Gasteiger charge is 2.14. The van der Waals surface area contributed by atoms with Crippen LogP contribution in [-0.4, -0.2) is 29.3 Å². The lowest BCUT2D eigenvalue weighted by atomic mass is 10.1. The van der Waals surface area contributed by atoms with Gasteiger partial charge in [-0.25, -0.2) is 0 Å². The number of carbonyl (C=O) groups excluding carboxylic acids is 1. The largest absolute Gasteiger partial charge is 0.497 e. The number of aromatic nitrogens is 2. The zero-order valence-corrected chi connectivity index (χ0v) is 12.9. The summed E-state index contributed by atoms with van der Waals surface area (Å²) in [6.07, 6.45) is 0. The lowest BCUT2D eigenvalue weighted by molar-refractivity contribution is 0.0943. The van der Waals surface area contributed by atoms with Crippen molar-refractivity contribution >= 4 is 5.91 Å². The van der Waals surface area contributed by atoms with Crippen LogP contribution in [0.5, 0.6) is 5.75 Å². The monoisotopic (exact) mass is 287 g/mol. The summed E-state index contributed by atoms with van der Waals surface area (Å²) in [5, 5.41) is 7.16. The number of amides is 1. The lowest BCUT2D eigenvalue weighted by Crippen LogP contribution is -2.27. The summed E-state index contributed by atoms with van der Waals surface area (Å²) in [5.41, 5.74) is 2.27. The van der Waals surface area contributed by atoms with Crippen molar-refractivity contribution in [1.82, 2.24) is 15.1 Å². The van der Waals surface area contributed by atoms with Gasteiger partial charge < -0.3 is 10.1 Å². The molecule has 112 valence electrons. The van der Waals surface area contributed by atoms with E-state index in [4.69, 9.17) is 4.74 Å². The maximum absolute atomic E-state index is 12.1. The molecule has 0 fully saturated rings. The highest BCUT2D eigenvalue weighted by Crippen LogP contribution is 2.24. The Hall–Kier alpha value is -2.30. The summed E-state index contributed by atoms with van der Waals surface area (Å²) >= 11 is 0. The van der Waals surface area contributed by atoms with E-state index in [-0.39, 0.29) is 5.91 Å². The van der Waals surface area contributed by atoms with Crippen LogP contribution in [0.25, 0.3) is 11.3 Å². The Morgan fingerprint density at radius 3 is 2.81 bits per heavy atom. The minimum absolute atomic E-state index is 0.145. The number of aryl methyl sites for hydroxylation is 1. The molecule has 21 heavy (non-hydrogen) atoms. The molecule has 0 radical (unpaired) electrons. The molecule has 1 N–H and O–H groups in total. The fourth-order valence-corrected chi connectivity index (χ4v) is 2.02. The fraction of sp³-hybridized carbons (Fsp3) is 0.375. The number of ether oxygens (including phenoxy) is 1. The van der Waals surface area contributed by atoms with Gasteiger partial charge in [0.2, 0.25) is 0 Å². The third-order valence-electron chi connectivity index (χ3n) is 3.15. The molecule has 0 bridgehead atoms. The van der Waals surface area contributed by atoms with E-state index in [0.717, 1.165) is 17.0 Å². The summed E-state index contributed by atoms with van der Waals surface area (Å²) in [5.74, 6) is 1.04. The van der Waals surface area contributed by atoms with Crippen molar-refractivity contribution in [3.63, 3.8) is 0 Å². The van der Waals surface area contributed by atoms with Gasteiger partial charge in [-0.15, -0.1) is 0 Å². The van der Waals surface area contributed by atoms with Crippen molar-refractivity contribution < 1.29 is 9.53 Å². The molecule has 0 aliphatic heterocycles. The van der Waals surface area contributed by atoms with Gasteiger partial charge in [-0.05, 0) is 24.1 Å². The van der Waals surface area contributed by atoms with Crippen LogP contribution in [0, 0.1) is 5.92 Å². The van der Waals surface area contributed by atoms with Crippen LogP contribution < -0.4 is 10.1 Å². The first-order valence-electron chi connectivity index (χ1n) is 6.98. The molecule has 1 amide bonds. The molecule has 2 rings (SSSR count). The van der Waals surface area contributed by atoms with Crippen molar-refractivity contribution in [2.24, 2.45) is 13.0 Å². The molecule has 0 saturated heterocycles. The van der Waals surface area contributed by atoms with Gasteiger partial charge in [0.1, 0.15) is 5.75 Å².